The van der Waals surface area contributed by atoms with E-state index in [-0.39, 0.29) is 16.9 Å². The predicted molar refractivity (Wildman–Crippen MR) is 59.4 cm³/mol. The quantitative estimate of drug-likeness (QED) is 0.774. The molecule has 1 heterocycles. The lowest BCUT2D eigenvalue weighted by molar-refractivity contribution is 0.251. The molecule has 0 saturated carbocycles. The Balaban J connectivity index is 2.95. The molecule has 0 aliphatic carbocycles. The minimum Gasteiger partial charge on any atom is -0.338 e. The molecule has 0 radical (unpaired) electrons. The molecule has 0 amide bonds. The summed E-state index contributed by atoms with van der Waals surface area (Å²) < 4.78 is 5.19. The molecule has 1 atom stereocenters. The highest BCUT2D eigenvalue weighted by atomic mass is 16.5. The lowest BCUT2D eigenvalue weighted by atomic mass is 9.87. The van der Waals surface area contributed by atoms with Gasteiger partial charge in [0.2, 0.25) is 5.89 Å². The van der Waals surface area contributed by atoms with Crippen LogP contribution in [0.3, 0.4) is 0 Å². The van der Waals surface area contributed by atoms with Gasteiger partial charge in [0.25, 0.3) is 0 Å². The van der Waals surface area contributed by atoms with Gasteiger partial charge in [-0.3, -0.25) is 0 Å². The first-order valence-electron chi connectivity index (χ1n) is 5.22. The average Bonchev–Trinajstić information content (AvgIpc) is 2.47. The highest BCUT2D eigenvalue weighted by molar-refractivity contribution is 5.03. The summed E-state index contributed by atoms with van der Waals surface area (Å²) in [6, 6.07) is -0.221. The highest BCUT2D eigenvalue weighted by Crippen LogP contribution is 2.30. The van der Waals surface area contributed by atoms with Crippen molar-refractivity contribution in [2.75, 3.05) is 0 Å². The lowest BCUT2D eigenvalue weighted by Crippen LogP contribution is -2.26. The number of nitrogens with two attached hydrogens (primary N) is 1. The van der Waals surface area contributed by atoms with E-state index in [0.717, 1.165) is 0 Å². The first kappa shape index (κ1) is 12.2. The Morgan fingerprint density at radius 1 is 1.13 bits per heavy atom. The van der Waals surface area contributed by atoms with Gasteiger partial charge in [-0.05, 0) is 5.41 Å². The van der Waals surface area contributed by atoms with Crippen LogP contribution in [0.5, 0.6) is 0 Å². The molecule has 1 aromatic rings. The van der Waals surface area contributed by atoms with Crippen molar-refractivity contribution in [1.82, 2.24) is 10.1 Å². The van der Waals surface area contributed by atoms with Crippen molar-refractivity contribution in [3.8, 4) is 0 Å². The van der Waals surface area contributed by atoms with E-state index in [1.807, 2.05) is 20.8 Å². The number of hydrogen-bond donors (Lipinski definition) is 1. The van der Waals surface area contributed by atoms with Gasteiger partial charge in [0.1, 0.15) is 0 Å². The number of hydrogen-bond acceptors (Lipinski definition) is 4. The molecule has 86 valence electrons. The van der Waals surface area contributed by atoms with Crippen LogP contribution in [0.4, 0.5) is 0 Å². The molecular weight excluding hydrogens is 190 g/mol. The summed E-state index contributed by atoms with van der Waals surface area (Å²) in [5.74, 6) is 1.23. The monoisotopic (exact) mass is 211 g/mol. The van der Waals surface area contributed by atoms with E-state index in [2.05, 4.69) is 30.9 Å². The van der Waals surface area contributed by atoms with Crippen LogP contribution in [-0.2, 0) is 5.41 Å². The van der Waals surface area contributed by atoms with E-state index in [1.165, 1.54) is 0 Å². The predicted octanol–water partition coefficient (Wildman–Crippen LogP) is 2.41. The molecule has 0 bridgehead atoms. The SMILES string of the molecule is CC(C)(C)c1noc([C@H](N)C(C)(C)C)n1. The first-order valence-corrected chi connectivity index (χ1v) is 5.22. The fraction of sp³-hybridized carbons (Fsp3) is 0.818. The minimum atomic E-state index is -0.221. The lowest BCUT2D eigenvalue weighted by Gasteiger charge is -2.23. The molecule has 0 spiro atoms. The zero-order valence-corrected chi connectivity index (χ0v) is 10.5. The van der Waals surface area contributed by atoms with Crippen molar-refractivity contribution in [3.05, 3.63) is 11.7 Å². The Bertz CT molecular complexity index is 330. The average molecular weight is 211 g/mol. The van der Waals surface area contributed by atoms with Crippen LogP contribution in [0, 0.1) is 5.41 Å². The zero-order chi connectivity index (χ0) is 11.9. The highest BCUT2D eigenvalue weighted by Gasteiger charge is 2.29. The van der Waals surface area contributed by atoms with Gasteiger partial charge in [-0.25, -0.2) is 0 Å². The van der Waals surface area contributed by atoms with Crippen molar-refractivity contribution < 1.29 is 4.52 Å². The van der Waals surface area contributed by atoms with E-state index >= 15 is 0 Å². The topological polar surface area (TPSA) is 64.9 Å². The van der Waals surface area contributed by atoms with E-state index in [4.69, 9.17) is 10.3 Å². The van der Waals surface area contributed by atoms with Crippen molar-refractivity contribution in [1.29, 1.82) is 0 Å². The van der Waals surface area contributed by atoms with Gasteiger partial charge in [0.05, 0.1) is 6.04 Å². The van der Waals surface area contributed by atoms with Crippen LogP contribution in [0.2, 0.25) is 0 Å². The molecule has 15 heavy (non-hydrogen) atoms. The normalized spacial score (nSPS) is 15.4. The number of nitrogens with zero attached hydrogens (tertiary/aromatic N) is 2. The van der Waals surface area contributed by atoms with Gasteiger partial charge in [0, 0.05) is 5.41 Å². The molecule has 0 saturated heterocycles. The molecule has 1 rings (SSSR count). The van der Waals surface area contributed by atoms with Gasteiger partial charge < -0.3 is 10.3 Å². The molecule has 0 unspecified atom stereocenters. The van der Waals surface area contributed by atoms with Gasteiger partial charge in [-0.15, -0.1) is 0 Å². The third-order valence-electron chi connectivity index (χ3n) is 2.31. The Morgan fingerprint density at radius 2 is 1.67 bits per heavy atom. The smallest absolute Gasteiger partial charge is 0.244 e. The van der Waals surface area contributed by atoms with Gasteiger partial charge >= 0.3 is 0 Å². The summed E-state index contributed by atoms with van der Waals surface area (Å²) in [5.41, 5.74) is 5.87. The Hall–Kier alpha value is -0.900. The van der Waals surface area contributed by atoms with Gasteiger partial charge in [-0.1, -0.05) is 46.7 Å². The second kappa shape index (κ2) is 3.59. The van der Waals surface area contributed by atoms with Gasteiger partial charge in [-0.2, -0.15) is 4.98 Å². The molecule has 4 heteroatoms. The summed E-state index contributed by atoms with van der Waals surface area (Å²) in [7, 11) is 0. The largest absolute Gasteiger partial charge is 0.338 e. The Morgan fingerprint density at radius 3 is 2.00 bits per heavy atom. The fourth-order valence-electron chi connectivity index (χ4n) is 1.04. The maximum absolute atomic E-state index is 6.03. The first-order chi connectivity index (χ1) is 6.62. The summed E-state index contributed by atoms with van der Waals surface area (Å²) in [4.78, 5) is 4.35. The maximum Gasteiger partial charge on any atom is 0.244 e. The summed E-state index contributed by atoms with van der Waals surface area (Å²) in [5, 5.41) is 3.96. The van der Waals surface area contributed by atoms with Crippen LogP contribution < -0.4 is 5.73 Å². The standard InChI is InChI=1S/C11H21N3O/c1-10(2,3)7(12)8-13-9(14-15-8)11(4,5)6/h7H,12H2,1-6H3/t7-/m0/s1. The van der Waals surface area contributed by atoms with Crippen molar-refractivity contribution in [2.24, 2.45) is 11.1 Å². The molecule has 1 aromatic heterocycles. The Labute approximate surface area is 91.2 Å². The van der Waals surface area contributed by atoms with E-state index in [9.17, 15) is 0 Å². The third kappa shape index (κ3) is 2.78. The summed E-state index contributed by atoms with van der Waals surface area (Å²) in [6.45, 7) is 12.3. The van der Waals surface area contributed by atoms with Crippen LogP contribution in [0.1, 0.15) is 59.3 Å². The van der Waals surface area contributed by atoms with E-state index < -0.39 is 0 Å². The maximum atomic E-state index is 6.03. The molecule has 0 aromatic carbocycles. The molecular formula is C11H21N3O. The molecule has 0 fully saturated rings. The molecule has 0 aliphatic heterocycles. The number of rotatable bonds is 1. The second-order valence-corrected chi connectivity index (χ2v) is 6.05. The van der Waals surface area contributed by atoms with Crippen LogP contribution in [0.15, 0.2) is 4.52 Å². The second-order valence-electron chi connectivity index (χ2n) is 6.05. The van der Waals surface area contributed by atoms with Crippen LogP contribution >= 0.6 is 0 Å². The zero-order valence-electron chi connectivity index (χ0n) is 10.5. The molecule has 0 aliphatic rings. The van der Waals surface area contributed by atoms with Crippen LogP contribution in [-0.4, -0.2) is 10.1 Å². The summed E-state index contributed by atoms with van der Waals surface area (Å²) in [6.07, 6.45) is 0. The van der Waals surface area contributed by atoms with Crippen molar-refractivity contribution in [3.63, 3.8) is 0 Å². The fourth-order valence-corrected chi connectivity index (χ4v) is 1.04. The van der Waals surface area contributed by atoms with Crippen molar-refractivity contribution in [2.45, 2.75) is 53.0 Å². The van der Waals surface area contributed by atoms with E-state index in [0.29, 0.717) is 11.7 Å². The van der Waals surface area contributed by atoms with Gasteiger partial charge in [0.15, 0.2) is 5.82 Å². The molecule has 4 nitrogen and oxygen atoms in total. The van der Waals surface area contributed by atoms with E-state index in [1.54, 1.807) is 0 Å². The van der Waals surface area contributed by atoms with Crippen LogP contribution in [0.25, 0.3) is 0 Å². The van der Waals surface area contributed by atoms with Crippen molar-refractivity contribution >= 4 is 0 Å². The number of aromatic nitrogens is 2. The summed E-state index contributed by atoms with van der Waals surface area (Å²) >= 11 is 0. The Kier molecular flexibility index (Phi) is 2.92. The minimum absolute atomic E-state index is 0.0678. The third-order valence-corrected chi connectivity index (χ3v) is 2.31. The molecule has 2 N–H and O–H groups in total.